The van der Waals surface area contributed by atoms with Crippen LogP contribution in [0.2, 0.25) is 0 Å². The number of sulfonamides is 1. The van der Waals surface area contributed by atoms with Crippen molar-refractivity contribution in [1.82, 2.24) is 9.29 Å². The van der Waals surface area contributed by atoms with Gasteiger partial charge in [0.25, 0.3) is 5.91 Å². The van der Waals surface area contributed by atoms with E-state index in [9.17, 15) is 17.6 Å². The third-order valence-corrected chi connectivity index (χ3v) is 8.15. The zero-order valence-electron chi connectivity index (χ0n) is 19.8. The predicted molar refractivity (Wildman–Crippen MR) is 138 cm³/mol. The fourth-order valence-electron chi connectivity index (χ4n) is 3.54. The summed E-state index contributed by atoms with van der Waals surface area (Å²) in [4.78, 5) is 18.0. The molecule has 188 valence electrons. The molecular weight excluding hydrogens is 503 g/mol. The average Bonchev–Trinajstić information content (AvgIpc) is 3.53. The number of aromatic nitrogens is 1. The maximum atomic E-state index is 13.7. The van der Waals surface area contributed by atoms with Gasteiger partial charge in [-0.15, -0.1) is 0 Å². The van der Waals surface area contributed by atoms with Crippen LogP contribution in [0.5, 0.6) is 0 Å². The van der Waals surface area contributed by atoms with Crippen LogP contribution in [-0.4, -0.2) is 42.9 Å². The molecule has 1 amide bonds. The van der Waals surface area contributed by atoms with E-state index in [1.165, 1.54) is 59.2 Å². The second-order valence-electron chi connectivity index (χ2n) is 7.91. The first-order valence-corrected chi connectivity index (χ1v) is 13.7. The average molecular weight is 529 g/mol. The fraction of sp³-hybridized carbons (Fsp3) is 0.240. The molecule has 0 bridgehead atoms. The van der Waals surface area contributed by atoms with Crippen molar-refractivity contribution in [2.75, 3.05) is 18.1 Å². The Hall–Kier alpha value is -3.41. The summed E-state index contributed by atoms with van der Waals surface area (Å²) in [6.07, 6.45) is 4.25. The summed E-state index contributed by atoms with van der Waals surface area (Å²) in [6, 6.07) is 13.3. The van der Waals surface area contributed by atoms with Crippen molar-refractivity contribution in [1.29, 1.82) is 0 Å². The second-order valence-corrected chi connectivity index (χ2v) is 10.9. The Bertz CT molecular complexity index is 1460. The number of amides is 1. The van der Waals surface area contributed by atoms with Gasteiger partial charge >= 0.3 is 0 Å². The Morgan fingerprint density at radius 2 is 1.83 bits per heavy atom. The second kappa shape index (κ2) is 11.1. The van der Waals surface area contributed by atoms with E-state index in [-0.39, 0.29) is 15.6 Å². The van der Waals surface area contributed by atoms with E-state index in [0.717, 1.165) is 16.3 Å². The molecular formula is C25H25FN4O4S2. The fourth-order valence-corrected chi connectivity index (χ4v) is 6.11. The summed E-state index contributed by atoms with van der Waals surface area (Å²) in [5.74, 6) is -0.514. The smallest absolute Gasteiger partial charge is 0.280 e. The van der Waals surface area contributed by atoms with E-state index in [1.54, 1.807) is 12.1 Å². The maximum absolute atomic E-state index is 13.7. The Morgan fingerprint density at radius 3 is 2.47 bits per heavy atom. The number of carbonyl (C=O) groups excluding carboxylic acids is 1. The van der Waals surface area contributed by atoms with Crippen molar-refractivity contribution in [2.45, 2.75) is 31.6 Å². The van der Waals surface area contributed by atoms with Crippen LogP contribution in [0, 0.1) is 5.82 Å². The monoisotopic (exact) mass is 528 g/mol. The van der Waals surface area contributed by atoms with Crippen molar-refractivity contribution in [3.8, 4) is 0 Å². The molecule has 11 heteroatoms. The molecule has 0 N–H and O–H groups in total. The van der Waals surface area contributed by atoms with Crippen LogP contribution in [0.1, 0.15) is 42.8 Å². The zero-order valence-corrected chi connectivity index (χ0v) is 21.4. The zero-order chi connectivity index (χ0) is 25.7. The minimum absolute atomic E-state index is 0.113. The predicted octanol–water partition coefficient (Wildman–Crippen LogP) is 5.52. The molecule has 0 saturated heterocycles. The molecule has 36 heavy (non-hydrogen) atoms. The number of hydrogen-bond acceptors (Lipinski definition) is 7. The molecule has 0 fully saturated rings. The largest absolute Gasteiger partial charge is 0.463 e. The summed E-state index contributed by atoms with van der Waals surface area (Å²) in [6.45, 7) is 4.69. The lowest BCUT2D eigenvalue weighted by atomic mass is 10.2. The molecule has 2 aromatic carbocycles. The van der Waals surface area contributed by atoms with Gasteiger partial charge in [-0.05, 0) is 67.4 Å². The van der Waals surface area contributed by atoms with Gasteiger partial charge in [-0.25, -0.2) is 17.8 Å². The van der Waals surface area contributed by atoms with Crippen molar-refractivity contribution >= 4 is 48.8 Å². The van der Waals surface area contributed by atoms with Crippen LogP contribution in [0.3, 0.4) is 0 Å². The van der Waals surface area contributed by atoms with E-state index < -0.39 is 21.7 Å². The van der Waals surface area contributed by atoms with E-state index in [1.807, 2.05) is 13.8 Å². The van der Waals surface area contributed by atoms with Crippen molar-refractivity contribution in [3.63, 3.8) is 0 Å². The molecule has 4 rings (SSSR count). The third-order valence-electron chi connectivity index (χ3n) is 5.24. The van der Waals surface area contributed by atoms with Gasteiger partial charge in [-0.2, -0.15) is 14.4 Å². The summed E-state index contributed by atoms with van der Waals surface area (Å²) in [5, 5.41) is 5.60. The lowest BCUT2D eigenvalue weighted by molar-refractivity contribution is 0.0987. The van der Waals surface area contributed by atoms with Gasteiger partial charge in [-0.3, -0.25) is 4.79 Å². The first-order chi connectivity index (χ1) is 17.3. The number of hydrogen-bond donors (Lipinski definition) is 0. The van der Waals surface area contributed by atoms with Gasteiger partial charge in [0.15, 0.2) is 0 Å². The highest BCUT2D eigenvalue weighted by molar-refractivity contribution is 7.89. The number of nitrogens with zero attached hydrogens (tertiary/aromatic N) is 4. The van der Waals surface area contributed by atoms with Crippen LogP contribution < -0.4 is 5.01 Å². The van der Waals surface area contributed by atoms with Crippen molar-refractivity contribution < 1.29 is 22.0 Å². The summed E-state index contributed by atoms with van der Waals surface area (Å²) in [7, 11) is -3.68. The Morgan fingerprint density at radius 1 is 1.11 bits per heavy atom. The molecule has 0 atom stereocenters. The number of halogens is 1. The Kier molecular flexibility index (Phi) is 7.92. The van der Waals surface area contributed by atoms with Gasteiger partial charge in [0.2, 0.25) is 15.2 Å². The number of benzene rings is 2. The SMILES string of the molecule is CCCN(CCC)S(=O)(=O)c1ccc(C(=O)N(/N=C/c2ccco2)c2nc3ccc(F)cc3s2)cc1. The molecule has 0 spiro atoms. The Labute approximate surface area is 212 Å². The van der Waals surface area contributed by atoms with Gasteiger partial charge in [-0.1, -0.05) is 25.2 Å². The molecule has 0 aliphatic rings. The first kappa shape index (κ1) is 25.7. The number of carbonyl (C=O) groups is 1. The quantitative estimate of drug-likeness (QED) is 0.199. The number of hydrazone groups is 1. The van der Waals surface area contributed by atoms with Gasteiger partial charge in [0, 0.05) is 18.7 Å². The topological polar surface area (TPSA) is 96.1 Å². The molecule has 4 aromatic rings. The van der Waals surface area contributed by atoms with E-state index in [2.05, 4.69) is 10.1 Å². The van der Waals surface area contributed by atoms with E-state index >= 15 is 0 Å². The lowest BCUT2D eigenvalue weighted by Gasteiger charge is -2.21. The van der Waals surface area contributed by atoms with Gasteiger partial charge < -0.3 is 4.42 Å². The minimum Gasteiger partial charge on any atom is -0.463 e. The van der Waals surface area contributed by atoms with Crippen LogP contribution in [-0.2, 0) is 10.0 Å². The molecule has 0 aliphatic carbocycles. The number of fused-ring (bicyclic) bond motifs is 1. The number of thiazole rings is 1. The highest BCUT2D eigenvalue weighted by Crippen LogP contribution is 2.31. The number of rotatable bonds is 10. The molecule has 2 aromatic heterocycles. The van der Waals surface area contributed by atoms with Crippen LogP contribution in [0.25, 0.3) is 10.2 Å². The van der Waals surface area contributed by atoms with Gasteiger partial charge in [0.1, 0.15) is 11.6 Å². The summed E-state index contributed by atoms with van der Waals surface area (Å²) < 4.78 is 47.1. The molecule has 8 nitrogen and oxygen atoms in total. The normalized spacial score (nSPS) is 12.1. The lowest BCUT2D eigenvalue weighted by Crippen LogP contribution is -2.32. The van der Waals surface area contributed by atoms with E-state index in [0.29, 0.717) is 41.9 Å². The minimum atomic E-state index is -3.68. The molecule has 0 saturated carbocycles. The summed E-state index contributed by atoms with van der Waals surface area (Å²) >= 11 is 1.11. The molecule has 2 heterocycles. The number of furan rings is 1. The molecule has 0 radical (unpaired) electrons. The van der Waals surface area contributed by atoms with Gasteiger partial charge in [0.05, 0.1) is 27.6 Å². The highest BCUT2D eigenvalue weighted by atomic mass is 32.2. The first-order valence-electron chi connectivity index (χ1n) is 11.4. The molecule has 0 aliphatic heterocycles. The van der Waals surface area contributed by atoms with Crippen LogP contribution >= 0.6 is 11.3 Å². The molecule has 0 unspecified atom stereocenters. The standard InChI is InChI=1S/C25H25FN4O4S2/c1-3-13-29(14-4-2)36(32,33)21-10-7-18(8-11-21)24(31)30(27-17-20-6-5-15-34-20)25-28-22-12-9-19(26)16-23(22)35-25/h5-12,15-17H,3-4,13-14H2,1-2H3/b27-17+. The van der Waals surface area contributed by atoms with Crippen LogP contribution in [0.4, 0.5) is 9.52 Å². The third kappa shape index (κ3) is 5.53. The van der Waals surface area contributed by atoms with E-state index in [4.69, 9.17) is 4.42 Å². The maximum Gasteiger partial charge on any atom is 0.280 e. The highest BCUT2D eigenvalue weighted by Gasteiger charge is 2.25. The summed E-state index contributed by atoms with van der Waals surface area (Å²) in [5.41, 5.74) is 0.740. The van der Waals surface area contributed by atoms with Crippen LogP contribution in [0.15, 0.2) is 75.3 Å². The van der Waals surface area contributed by atoms with Crippen molar-refractivity contribution in [3.05, 3.63) is 78.0 Å². The Balaban J connectivity index is 1.67. The number of anilines is 1. The van der Waals surface area contributed by atoms with Crippen molar-refractivity contribution in [2.24, 2.45) is 5.10 Å².